The molecule has 0 aromatic carbocycles. The summed E-state index contributed by atoms with van der Waals surface area (Å²) in [5.74, 6) is -1.36. The molecular formula is C10H21NO6S2. The molecule has 0 saturated heterocycles. The number of carbonyl (C=O) groups is 1. The van der Waals surface area contributed by atoms with Gasteiger partial charge >= 0.3 is 5.97 Å². The molecule has 114 valence electrons. The van der Waals surface area contributed by atoms with Crippen LogP contribution in [0, 0.1) is 5.92 Å². The maximum Gasteiger partial charge on any atom is 0.306 e. The van der Waals surface area contributed by atoms with E-state index >= 15 is 0 Å². The number of sulfone groups is 1. The molecule has 0 aromatic rings. The molecule has 0 bridgehead atoms. The summed E-state index contributed by atoms with van der Waals surface area (Å²) in [6.07, 6.45) is 2.32. The summed E-state index contributed by atoms with van der Waals surface area (Å²) >= 11 is 0. The van der Waals surface area contributed by atoms with E-state index in [-0.39, 0.29) is 0 Å². The van der Waals surface area contributed by atoms with Crippen molar-refractivity contribution in [3.63, 3.8) is 0 Å². The van der Waals surface area contributed by atoms with Crippen LogP contribution in [0.5, 0.6) is 0 Å². The summed E-state index contributed by atoms with van der Waals surface area (Å²) in [7, 11) is -7.46. The zero-order valence-electron chi connectivity index (χ0n) is 11.3. The van der Waals surface area contributed by atoms with E-state index < -0.39 is 42.9 Å². The fourth-order valence-electron chi connectivity index (χ4n) is 1.54. The average Bonchev–Trinajstić information content (AvgIpc) is 2.11. The Labute approximate surface area is 114 Å². The van der Waals surface area contributed by atoms with Crippen LogP contribution in [-0.2, 0) is 24.7 Å². The number of hydrogen-bond acceptors (Lipinski definition) is 5. The number of carboxylic acids is 1. The molecule has 0 aromatic heterocycles. The van der Waals surface area contributed by atoms with Crippen LogP contribution in [0.1, 0.15) is 33.1 Å². The minimum atomic E-state index is -3.86. The molecule has 0 amide bonds. The fraction of sp³-hybridized carbons (Fsp3) is 0.900. The SMILES string of the molecule is CC(CCCC(C)C(=O)O)NS(=O)(=O)CS(C)(=O)=O. The van der Waals surface area contributed by atoms with E-state index in [0.717, 1.165) is 6.26 Å². The van der Waals surface area contributed by atoms with Crippen molar-refractivity contribution in [1.29, 1.82) is 0 Å². The molecule has 19 heavy (non-hydrogen) atoms. The molecule has 2 atom stereocenters. The second-order valence-electron chi connectivity index (χ2n) is 4.85. The second-order valence-corrected chi connectivity index (χ2v) is 9.11. The van der Waals surface area contributed by atoms with Crippen LogP contribution in [0.25, 0.3) is 0 Å². The van der Waals surface area contributed by atoms with Crippen LogP contribution >= 0.6 is 0 Å². The van der Waals surface area contributed by atoms with E-state index in [1.165, 1.54) is 0 Å². The molecule has 0 aliphatic heterocycles. The Balaban J connectivity index is 4.18. The van der Waals surface area contributed by atoms with Gasteiger partial charge < -0.3 is 5.11 Å². The Bertz CT molecular complexity index is 496. The summed E-state index contributed by atoms with van der Waals surface area (Å²) in [6, 6.07) is -0.423. The molecule has 0 rings (SSSR count). The summed E-state index contributed by atoms with van der Waals surface area (Å²) in [5, 5.41) is 7.75. The standard InChI is InChI=1S/C10H21NO6S2/c1-8(10(12)13)5-4-6-9(2)11-19(16,17)7-18(3,14)15/h8-9,11H,4-7H2,1-3H3,(H,12,13). The van der Waals surface area contributed by atoms with Gasteiger partial charge in [0.2, 0.25) is 10.0 Å². The summed E-state index contributed by atoms with van der Waals surface area (Å²) in [5.41, 5.74) is 0. The molecule has 7 nitrogen and oxygen atoms in total. The van der Waals surface area contributed by atoms with E-state index in [1.807, 2.05) is 0 Å². The first kappa shape index (κ1) is 18.3. The Morgan fingerprint density at radius 2 is 1.68 bits per heavy atom. The summed E-state index contributed by atoms with van der Waals surface area (Å²) < 4.78 is 47.1. The van der Waals surface area contributed by atoms with Crippen LogP contribution in [0.3, 0.4) is 0 Å². The third kappa shape index (κ3) is 9.85. The van der Waals surface area contributed by atoms with Crippen LogP contribution in [0.2, 0.25) is 0 Å². The predicted octanol–water partition coefficient (Wildman–Crippen LogP) is 0.187. The molecule has 0 spiro atoms. The highest BCUT2D eigenvalue weighted by atomic mass is 32.3. The third-order valence-electron chi connectivity index (χ3n) is 2.45. The highest BCUT2D eigenvalue weighted by Crippen LogP contribution is 2.10. The lowest BCUT2D eigenvalue weighted by Gasteiger charge is -2.14. The van der Waals surface area contributed by atoms with Crippen LogP contribution in [-0.4, -0.2) is 45.3 Å². The largest absolute Gasteiger partial charge is 0.481 e. The number of aliphatic carboxylic acids is 1. The Morgan fingerprint density at radius 1 is 1.16 bits per heavy atom. The molecule has 0 aliphatic carbocycles. The third-order valence-corrected chi connectivity index (χ3v) is 6.16. The van der Waals surface area contributed by atoms with Gasteiger partial charge in [0, 0.05) is 12.3 Å². The molecule has 0 heterocycles. The molecule has 0 saturated carbocycles. The van der Waals surface area contributed by atoms with Gasteiger partial charge in [-0.3, -0.25) is 4.79 Å². The minimum absolute atomic E-state index is 0.423. The number of hydrogen-bond donors (Lipinski definition) is 2. The maximum atomic E-state index is 11.5. The first-order chi connectivity index (χ1) is 8.43. The fourth-order valence-corrected chi connectivity index (χ4v) is 4.79. The zero-order chi connectivity index (χ0) is 15.3. The smallest absolute Gasteiger partial charge is 0.306 e. The van der Waals surface area contributed by atoms with Crippen LogP contribution in [0.15, 0.2) is 0 Å². The predicted molar refractivity (Wildman–Crippen MR) is 71.9 cm³/mol. The van der Waals surface area contributed by atoms with Gasteiger partial charge in [0.05, 0.1) is 5.92 Å². The van der Waals surface area contributed by atoms with Gasteiger partial charge in [0.1, 0.15) is 0 Å². The lowest BCUT2D eigenvalue weighted by atomic mass is 10.0. The molecule has 0 aliphatic rings. The first-order valence-electron chi connectivity index (χ1n) is 5.83. The quantitative estimate of drug-likeness (QED) is 0.627. The van der Waals surface area contributed by atoms with E-state index in [1.54, 1.807) is 13.8 Å². The van der Waals surface area contributed by atoms with Crippen molar-refractivity contribution in [3.8, 4) is 0 Å². The number of rotatable bonds is 9. The number of sulfonamides is 1. The molecular weight excluding hydrogens is 294 g/mol. The van der Waals surface area contributed by atoms with Gasteiger partial charge in [-0.2, -0.15) is 0 Å². The van der Waals surface area contributed by atoms with Crippen molar-refractivity contribution in [3.05, 3.63) is 0 Å². The topological polar surface area (TPSA) is 118 Å². The molecule has 2 N–H and O–H groups in total. The van der Waals surface area contributed by atoms with E-state index in [2.05, 4.69) is 4.72 Å². The van der Waals surface area contributed by atoms with Crippen molar-refractivity contribution in [1.82, 2.24) is 4.72 Å². The van der Waals surface area contributed by atoms with E-state index in [4.69, 9.17) is 5.11 Å². The summed E-state index contributed by atoms with van der Waals surface area (Å²) in [6.45, 7) is 3.20. The molecule has 2 unspecified atom stereocenters. The highest BCUT2D eigenvalue weighted by Gasteiger charge is 2.20. The summed E-state index contributed by atoms with van der Waals surface area (Å²) in [4.78, 5) is 10.6. The molecule has 0 radical (unpaired) electrons. The van der Waals surface area contributed by atoms with Gasteiger partial charge in [0.15, 0.2) is 14.9 Å². The lowest BCUT2D eigenvalue weighted by Crippen LogP contribution is -2.36. The van der Waals surface area contributed by atoms with Gasteiger partial charge in [0.25, 0.3) is 0 Å². The van der Waals surface area contributed by atoms with Crippen LogP contribution < -0.4 is 4.72 Å². The Hall–Kier alpha value is -0.670. The molecule has 9 heteroatoms. The second kappa shape index (κ2) is 7.20. The van der Waals surface area contributed by atoms with Gasteiger partial charge in [-0.1, -0.05) is 13.3 Å². The highest BCUT2D eigenvalue weighted by molar-refractivity contribution is 8.06. The van der Waals surface area contributed by atoms with E-state index in [0.29, 0.717) is 19.3 Å². The minimum Gasteiger partial charge on any atom is -0.481 e. The van der Waals surface area contributed by atoms with Crippen molar-refractivity contribution >= 4 is 25.8 Å². The maximum absolute atomic E-state index is 11.5. The van der Waals surface area contributed by atoms with Gasteiger partial charge in [-0.15, -0.1) is 0 Å². The monoisotopic (exact) mass is 315 g/mol. The molecule has 0 fully saturated rings. The van der Waals surface area contributed by atoms with Crippen molar-refractivity contribution in [2.75, 3.05) is 11.3 Å². The number of nitrogens with one attached hydrogen (secondary N) is 1. The van der Waals surface area contributed by atoms with Crippen molar-refractivity contribution < 1.29 is 26.7 Å². The Morgan fingerprint density at radius 3 is 2.11 bits per heavy atom. The van der Waals surface area contributed by atoms with E-state index in [9.17, 15) is 21.6 Å². The lowest BCUT2D eigenvalue weighted by molar-refractivity contribution is -0.141. The first-order valence-corrected chi connectivity index (χ1v) is 9.55. The van der Waals surface area contributed by atoms with Gasteiger partial charge in [-0.25, -0.2) is 21.6 Å². The van der Waals surface area contributed by atoms with Crippen LogP contribution in [0.4, 0.5) is 0 Å². The number of carboxylic acid groups (broad SMARTS) is 1. The Kier molecular flexibility index (Phi) is 6.95. The zero-order valence-corrected chi connectivity index (χ0v) is 12.9. The normalized spacial score (nSPS) is 15.9. The van der Waals surface area contributed by atoms with Crippen molar-refractivity contribution in [2.45, 2.75) is 39.2 Å². The average molecular weight is 315 g/mol. The van der Waals surface area contributed by atoms with Crippen molar-refractivity contribution in [2.24, 2.45) is 5.92 Å². The van der Waals surface area contributed by atoms with Gasteiger partial charge in [-0.05, 0) is 19.8 Å².